The molecule has 1 rings (SSSR count). The molecule has 0 spiro atoms. The summed E-state index contributed by atoms with van der Waals surface area (Å²) in [5, 5.41) is 0. The van der Waals surface area contributed by atoms with Crippen LogP contribution < -0.4 is 4.57 Å². The van der Waals surface area contributed by atoms with Gasteiger partial charge in [-0.1, -0.05) is 60.3 Å². The molecule has 0 aliphatic rings. The van der Waals surface area contributed by atoms with Gasteiger partial charge in [-0.2, -0.15) is 0 Å². The van der Waals surface area contributed by atoms with Gasteiger partial charge < -0.3 is 0 Å². The second-order valence-corrected chi connectivity index (χ2v) is 6.72. The lowest BCUT2D eigenvalue weighted by Crippen LogP contribution is -2.34. The Balaban J connectivity index is 2.55. The van der Waals surface area contributed by atoms with E-state index >= 15 is 0 Å². The molecule has 0 saturated heterocycles. The number of unbranched alkanes of at least 4 members (excludes halogenated alkanes) is 5. The molecule has 0 radical (unpaired) electrons. The number of pyridine rings is 1. The third-order valence-electron chi connectivity index (χ3n) is 4.07. The van der Waals surface area contributed by atoms with Gasteiger partial charge in [0, 0.05) is 17.5 Å². The van der Waals surface area contributed by atoms with E-state index in [0.717, 1.165) is 0 Å². The van der Waals surface area contributed by atoms with E-state index in [1.54, 1.807) is 0 Å². The van der Waals surface area contributed by atoms with Crippen molar-refractivity contribution in [3.05, 3.63) is 29.6 Å². The lowest BCUT2D eigenvalue weighted by molar-refractivity contribution is -0.698. The standard InChI is InChI=1S/C19H34N/c1-6-7-8-9-10-11-12-20-14-18(16(2)3)13-19(15-20)17(4)5/h13-17H,6-12H2,1-5H3/q+1. The van der Waals surface area contributed by atoms with Crippen LogP contribution in [0.3, 0.4) is 0 Å². The maximum atomic E-state index is 2.42. The Hall–Kier alpha value is -0.850. The van der Waals surface area contributed by atoms with Gasteiger partial charge in [0.05, 0.1) is 0 Å². The van der Waals surface area contributed by atoms with Crippen LogP contribution in [-0.4, -0.2) is 0 Å². The van der Waals surface area contributed by atoms with Crippen molar-refractivity contribution in [2.24, 2.45) is 0 Å². The predicted molar refractivity (Wildman–Crippen MR) is 88.2 cm³/mol. The molecule has 1 heterocycles. The molecular weight excluding hydrogens is 242 g/mol. The first-order valence-electron chi connectivity index (χ1n) is 8.58. The molecule has 0 amide bonds. The lowest BCUT2D eigenvalue weighted by atomic mass is 9.98. The highest BCUT2D eigenvalue weighted by atomic mass is 14.9. The molecule has 0 atom stereocenters. The molecule has 0 aliphatic carbocycles. The van der Waals surface area contributed by atoms with E-state index in [9.17, 15) is 0 Å². The van der Waals surface area contributed by atoms with Gasteiger partial charge in [0.2, 0.25) is 0 Å². The molecule has 0 N–H and O–H groups in total. The van der Waals surface area contributed by atoms with E-state index in [4.69, 9.17) is 0 Å². The fourth-order valence-electron chi connectivity index (χ4n) is 2.52. The zero-order chi connectivity index (χ0) is 15.0. The van der Waals surface area contributed by atoms with Crippen molar-refractivity contribution in [1.82, 2.24) is 0 Å². The van der Waals surface area contributed by atoms with Crippen molar-refractivity contribution >= 4 is 0 Å². The van der Waals surface area contributed by atoms with Crippen molar-refractivity contribution in [2.45, 2.75) is 91.5 Å². The lowest BCUT2D eigenvalue weighted by Gasteiger charge is -2.10. The predicted octanol–water partition coefficient (Wildman–Crippen LogP) is 5.58. The first-order valence-corrected chi connectivity index (χ1v) is 8.58. The third kappa shape index (κ3) is 6.07. The SMILES string of the molecule is CCCCCCCC[n+]1cc(C(C)C)cc(C(C)C)c1. The van der Waals surface area contributed by atoms with Crippen LogP contribution in [-0.2, 0) is 6.54 Å². The fourth-order valence-corrected chi connectivity index (χ4v) is 2.52. The minimum atomic E-state index is 0.615. The molecule has 1 heteroatoms. The Kier molecular flexibility index (Phi) is 7.87. The second kappa shape index (κ2) is 9.15. The molecule has 0 bridgehead atoms. The van der Waals surface area contributed by atoms with Crippen LogP contribution in [0.25, 0.3) is 0 Å². The number of hydrogen-bond donors (Lipinski definition) is 0. The van der Waals surface area contributed by atoms with Gasteiger partial charge in [0.25, 0.3) is 0 Å². The molecule has 0 fully saturated rings. The molecule has 1 aromatic rings. The summed E-state index contributed by atoms with van der Waals surface area (Å²) in [6.45, 7) is 12.6. The number of nitrogens with zero attached hydrogens (tertiary/aromatic N) is 1. The summed E-state index contributed by atoms with van der Waals surface area (Å²) in [6.07, 6.45) is 12.9. The Labute approximate surface area is 126 Å². The van der Waals surface area contributed by atoms with Crippen molar-refractivity contribution in [2.75, 3.05) is 0 Å². The maximum Gasteiger partial charge on any atom is 0.172 e. The van der Waals surface area contributed by atoms with Crippen molar-refractivity contribution < 1.29 is 4.57 Å². The quantitative estimate of drug-likeness (QED) is 0.409. The Bertz CT molecular complexity index is 353. The highest BCUT2D eigenvalue weighted by Crippen LogP contribution is 2.19. The van der Waals surface area contributed by atoms with Crippen LogP contribution in [0.15, 0.2) is 18.5 Å². The highest BCUT2D eigenvalue weighted by Gasteiger charge is 2.12. The number of rotatable bonds is 9. The molecule has 0 aromatic carbocycles. The van der Waals surface area contributed by atoms with Gasteiger partial charge in [-0.05, 0) is 24.3 Å². The molecule has 1 nitrogen and oxygen atoms in total. The van der Waals surface area contributed by atoms with Crippen LogP contribution in [0.4, 0.5) is 0 Å². The monoisotopic (exact) mass is 276 g/mol. The Morgan fingerprint density at radius 1 is 0.800 bits per heavy atom. The van der Waals surface area contributed by atoms with Crippen LogP contribution >= 0.6 is 0 Å². The topological polar surface area (TPSA) is 3.88 Å². The van der Waals surface area contributed by atoms with Gasteiger partial charge in [-0.15, -0.1) is 0 Å². The van der Waals surface area contributed by atoms with Crippen LogP contribution in [0.5, 0.6) is 0 Å². The molecule has 0 aliphatic heterocycles. The average molecular weight is 276 g/mol. The van der Waals surface area contributed by atoms with Crippen LogP contribution in [0.1, 0.15) is 96.1 Å². The smallest absolute Gasteiger partial charge is 0.172 e. The average Bonchev–Trinajstić information content (AvgIpc) is 2.42. The van der Waals surface area contributed by atoms with E-state index in [1.165, 1.54) is 56.2 Å². The van der Waals surface area contributed by atoms with E-state index in [0.29, 0.717) is 11.8 Å². The van der Waals surface area contributed by atoms with Crippen LogP contribution in [0.2, 0.25) is 0 Å². The summed E-state index contributed by atoms with van der Waals surface area (Å²) in [5.41, 5.74) is 2.95. The molecular formula is C19H34N+. The normalized spacial score (nSPS) is 11.6. The van der Waals surface area contributed by atoms with E-state index in [-0.39, 0.29) is 0 Å². The summed E-state index contributed by atoms with van der Waals surface area (Å²) in [5.74, 6) is 1.23. The first-order chi connectivity index (χ1) is 9.54. The van der Waals surface area contributed by atoms with Crippen LogP contribution in [0, 0.1) is 0 Å². The second-order valence-electron chi connectivity index (χ2n) is 6.72. The molecule has 1 aromatic heterocycles. The maximum absolute atomic E-state index is 2.42. The van der Waals surface area contributed by atoms with Crippen molar-refractivity contribution in [3.8, 4) is 0 Å². The molecule has 0 saturated carbocycles. The molecule has 114 valence electrons. The zero-order valence-corrected chi connectivity index (χ0v) is 14.3. The number of aryl methyl sites for hydroxylation is 1. The molecule has 20 heavy (non-hydrogen) atoms. The van der Waals surface area contributed by atoms with Gasteiger partial charge in [-0.25, -0.2) is 4.57 Å². The Morgan fingerprint density at radius 2 is 1.30 bits per heavy atom. The minimum absolute atomic E-state index is 0.615. The number of aromatic nitrogens is 1. The third-order valence-corrected chi connectivity index (χ3v) is 4.07. The van der Waals surface area contributed by atoms with E-state index in [1.807, 2.05) is 0 Å². The van der Waals surface area contributed by atoms with Crippen molar-refractivity contribution in [1.29, 1.82) is 0 Å². The summed E-state index contributed by atoms with van der Waals surface area (Å²) in [6, 6.07) is 2.38. The zero-order valence-electron chi connectivity index (χ0n) is 14.3. The van der Waals surface area contributed by atoms with Gasteiger partial charge in [0.1, 0.15) is 6.54 Å². The minimum Gasteiger partial charge on any atom is -0.205 e. The summed E-state index contributed by atoms with van der Waals surface area (Å²) < 4.78 is 2.42. The summed E-state index contributed by atoms with van der Waals surface area (Å²) >= 11 is 0. The highest BCUT2D eigenvalue weighted by molar-refractivity contribution is 5.20. The first kappa shape index (κ1) is 17.2. The fraction of sp³-hybridized carbons (Fsp3) is 0.737. The van der Waals surface area contributed by atoms with Gasteiger partial charge in [0.15, 0.2) is 12.4 Å². The molecule has 0 unspecified atom stereocenters. The summed E-state index contributed by atoms with van der Waals surface area (Å²) in [4.78, 5) is 0. The van der Waals surface area contributed by atoms with Crippen molar-refractivity contribution in [3.63, 3.8) is 0 Å². The Morgan fingerprint density at radius 3 is 1.80 bits per heavy atom. The van der Waals surface area contributed by atoms with Gasteiger partial charge >= 0.3 is 0 Å². The summed E-state index contributed by atoms with van der Waals surface area (Å²) in [7, 11) is 0. The number of hydrogen-bond acceptors (Lipinski definition) is 0. The van der Waals surface area contributed by atoms with Gasteiger partial charge in [-0.3, -0.25) is 0 Å². The van der Waals surface area contributed by atoms with E-state index in [2.05, 4.69) is 57.6 Å². The largest absolute Gasteiger partial charge is 0.205 e. The van der Waals surface area contributed by atoms with E-state index < -0.39 is 0 Å².